The minimum Gasteiger partial charge on any atom is -0.453 e. The predicted octanol–water partition coefficient (Wildman–Crippen LogP) is 0.747. The van der Waals surface area contributed by atoms with Gasteiger partial charge in [0.1, 0.15) is 5.76 Å². The molecular formula is C12H11BO4. The van der Waals surface area contributed by atoms with Gasteiger partial charge in [0, 0.05) is 5.56 Å². The highest BCUT2D eigenvalue weighted by molar-refractivity contribution is 6.59. The lowest BCUT2D eigenvalue weighted by molar-refractivity contribution is 0.110. The van der Waals surface area contributed by atoms with Crippen LogP contribution in [0.3, 0.4) is 0 Å². The molecule has 0 spiro atoms. The van der Waals surface area contributed by atoms with Crippen molar-refractivity contribution in [3.63, 3.8) is 0 Å². The molecule has 0 atom stereocenters. The van der Waals surface area contributed by atoms with Crippen molar-refractivity contribution in [2.24, 2.45) is 0 Å². The second-order valence-electron chi connectivity index (χ2n) is 3.71. The van der Waals surface area contributed by atoms with E-state index in [-0.39, 0.29) is 5.76 Å². The molecular weight excluding hydrogens is 219 g/mol. The summed E-state index contributed by atoms with van der Waals surface area (Å²) in [4.78, 5) is 10.5. The Morgan fingerprint density at radius 1 is 1.24 bits per heavy atom. The van der Waals surface area contributed by atoms with Gasteiger partial charge in [0.2, 0.25) is 0 Å². The molecule has 1 aromatic carbocycles. The summed E-state index contributed by atoms with van der Waals surface area (Å²) in [7, 11) is -1.52. The zero-order valence-electron chi connectivity index (χ0n) is 9.25. The molecule has 86 valence electrons. The lowest BCUT2D eigenvalue weighted by Gasteiger charge is -2.08. The molecule has 2 N–H and O–H groups in total. The van der Waals surface area contributed by atoms with Crippen molar-refractivity contribution < 1.29 is 19.3 Å². The second kappa shape index (κ2) is 4.57. The van der Waals surface area contributed by atoms with Crippen LogP contribution in [0.2, 0.25) is 0 Å². The molecule has 2 rings (SSSR count). The molecule has 0 amide bonds. The van der Waals surface area contributed by atoms with Crippen molar-refractivity contribution in [2.75, 3.05) is 0 Å². The third-order valence-electron chi connectivity index (χ3n) is 2.66. The number of carbonyl (C=O) groups is 1. The zero-order chi connectivity index (χ0) is 12.4. The summed E-state index contributed by atoms with van der Waals surface area (Å²) in [6.07, 6.45) is 0.629. The molecule has 0 fully saturated rings. The highest BCUT2D eigenvalue weighted by Gasteiger charge is 2.17. The van der Waals surface area contributed by atoms with Crippen LogP contribution in [0.15, 0.2) is 34.7 Å². The van der Waals surface area contributed by atoms with Gasteiger partial charge in [-0.2, -0.15) is 0 Å². The first-order valence-corrected chi connectivity index (χ1v) is 5.14. The van der Waals surface area contributed by atoms with Crippen LogP contribution < -0.4 is 5.46 Å². The molecule has 5 heteroatoms. The fourth-order valence-electron chi connectivity index (χ4n) is 1.76. The Balaban J connectivity index is 2.52. The topological polar surface area (TPSA) is 70.7 Å². The van der Waals surface area contributed by atoms with E-state index in [1.807, 2.05) is 0 Å². The first kappa shape index (κ1) is 11.6. The number of hydrogen-bond donors (Lipinski definition) is 2. The van der Waals surface area contributed by atoms with E-state index in [1.54, 1.807) is 37.3 Å². The first-order chi connectivity index (χ1) is 8.13. The second-order valence-corrected chi connectivity index (χ2v) is 3.71. The van der Waals surface area contributed by atoms with Crippen LogP contribution in [0.25, 0.3) is 11.3 Å². The molecule has 0 saturated heterocycles. The van der Waals surface area contributed by atoms with Gasteiger partial charge in [-0.15, -0.1) is 0 Å². The Labute approximate surface area is 98.7 Å². The van der Waals surface area contributed by atoms with Gasteiger partial charge in [0.05, 0.1) is 0 Å². The van der Waals surface area contributed by atoms with Crippen LogP contribution in [0.4, 0.5) is 0 Å². The summed E-state index contributed by atoms with van der Waals surface area (Å²) in [5, 5.41) is 18.4. The third-order valence-corrected chi connectivity index (χ3v) is 2.66. The summed E-state index contributed by atoms with van der Waals surface area (Å²) in [6.45, 7) is 1.77. The molecule has 1 aromatic heterocycles. The summed E-state index contributed by atoms with van der Waals surface area (Å²) in [5.74, 6) is 0.779. The van der Waals surface area contributed by atoms with Crippen LogP contribution >= 0.6 is 0 Å². The maximum atomic E-state index is 10.5. The normalized spacial score (nSPS) is 10.3. The van der Waals surface area contributed by atoms with E-state index in [2.05, 4.69) is 0 Å². The minimum absolute atomic E-state index is 0.245. The highest BCUT2D eigenvalue weighted by Crippen LogP contribution is 2.24. The SMILES string of the molecule is Cc1c(B(O)O)cccc1-c1ccc(C=O)o1. The number of aldehydes is 1. The Bertz CT molecular complexity index is 545. The van der Waals surface area contributed by atoms with Gasteiger partial charge in [0.25, 0.3) is 0 Å². The quantitative estimate of drug-likeness (QED) is 0.602. The van der Waals surface area contributed by atoms with Gasteiger partial charge in [-0.05, 0) is 30.1 Å². The van der Waals surface area contributed by atoms with E-state index in [1.165, 1.54) is 0 Å². The summed E-state index contributed by atoms with van der Waals surface area (Å²) >= 11 is 0. The smallest absolute Gasteiger partial charge is 0.453 e. The van der Waals surface area contributed by atoms with Gasteiger partial charge >= 0.3 is 7.12 Å². The molecule has 17 heavy (non-hydrogen) atoms. The maximum absolute atomic E-state index is 10.5. The molecule has 0 aliphatic heterocycles. The largest absolute Gasteiger partial charge is 0.488 e. The number of rotatable bonds is 3. The van der Waals surface area contributed by atoms with Gasteiger partial charge < -0.3 is 14.5 Å². The van der Waals surface area contributed by atoms with Crippen molar-refractivity contribution in [2.45, 2.75) is 6.92 Å². The number of carbonyl (C=O) groups excluding carboxylic acids is 1. The van der Waals surface area contributed by atoms with E-state index in [4.69, 9.17) is 4.42 Å². The van der Waals surface area contributed by atoms with Crippen molar-refractivity contribution in [3.05, 3.63) is 41.7 Å². The first-order valence-electron chi connectivity index (χ1n) is 5.14. The Morgan fingerprint density at radius 3 is 2.59 bits per heavy atom. The van der Waals surface area contributed by atoms with Gasteiger partial charge in [-0.3, -0.25) is 4.79 Å². The van der Waals surface area contributed by atoms with Crippen molar-refractivity contribution in [1.29, 1.82) is 0 Å². The predicted molar refractivity (Wildman–Crippen MR) is 64.1 cm³/mol. The standard InChI is InChI=1S/C12H11BO4/c1-8-10(3-2-4-11(8)13(15)16)12-6-5-9(7-14)17-12/h2-7,15-16H,1H3. The Kier molecular flexibility index (Phi) is 3.13. The molecule has 0 unspecified atom stereocenters. The minimum atomic E-state index is -1.52. The van der Waals surface area contributed by atoms with E-state index >= 15 is 0 Å². The molecule has 2 aromatic rings. The molecule has 0 saturated carbocycles. The fourth-order valence-corrected chi connectivity index (χ4v) is 1.76. The van der Waals surface area contributed by atoms with Crippen molar-refractivity contribution in [3.8, 4) is 11.3 Å². The number of hydrogen-bond acceptors (Lipinski definition) is 4. The van der Waals surface area contributed by atoms with Crippen molar-refractivity contribution >= 4 is 18.9 Å². The molecule has 0 aliphatic rings. The van der Waals surface area contributed by atoms with Crippen LogP contribution in [0, 0.1) is 6.92 Å². The monoisotopic (exact) mass is 230 g/mol. The van der Waals surface area contributed by atoms with Crippen LogP contribution in [-0.4, -0.2) is 23.5 Å². The Hall–Kier alpha value is -1.85. The van der Waals surface area contributed by atoms with Crippen LogP contribution in [0.1, 0.15) is 16.1 Å². The summed E-state index contributed by atoms with van der Waals surface area (Å²) in [6, 6.07) is 8.39. The van der Waals surface area contributed by atoms with Gasteiger partial charge in [-0.25, -0.2) is 0 Å². The third kappa shape index (κ3) is 2.15. The van der Waals surface area contributed by atoms with E-state index in [9.17, 15) is 14.8 Å². The average Bonchev–Trinajstić information content (AvgIpc) is 2.77. The molecule has 0 aliphatic carbocycles. The van der Waals surface area contributed by atoms with E-state index in [0.717, 1.165) is 5.56 Å². The molecule has 1 heterocycles. The van der Waals surface area contributed by atoms with Crippen LogP contribution in [-0.2, 0) is 0 Å². The van der Waals surface area contributed by atoms with Crippen molar-refractivity contribution in [1.82, 2.24) is 0 Å². The summed E-state index contributed by atoms with van der Waals surface area (Å²) in [5.41, 5.74) is 1.88. The zero-order valence-corrected chi connectivity index (χ0v) is 9.25. The maximum Gasteiger partial charge on any atom is 0.488 e. The lowest BCUT2D eigenvalue weighted by Crippen LogP contribution is -2.32. The summed E-state index contributed by atoms with van der Waals surface area (Å²) < 4.78 is 5.30. The van der Waals surface area contributed by atoms with Crippen LogP contribution in [0.5, 0.6) is 0 Å². The highest BCUT2D eigenvalue weighted by atomic mass is 16.4. The van der Waals surface area contributed by atoms with Gasteiger partial charge in [-0.1, -0.05) is 18.2 Å². The fraction of sp³-hybridized carbons (Fsp3) is 0.0833. The van der Waals surface area contributed by atoms with Gasteiger partial charge in [0.15, 0.2) is 12.0 Å². The molecule has 4 nitrogen and oxygen atoms in total. The Morgan fingerprint density at radius 2 is 2.00 bits per heavy atom. The van der Waals surface area contributed by atoms with E-state index in [0.29, 0.717) is 23.1 Å². The number of furan rings is 1. The van der Waals surface area contributed by atoms with E-state index < -0.39 is 7.12 Å². The average molecular weight is 230 g/mol. The molecule has 0 radical (unpaired) electrons. The molecule has 0 bridgehead atoms. The lowest BCUT2D eigenvalue weighted by atomic mass is 9.76. The number of benzene rings is 1.